The third-order valence-corrected chi connectivity index (χ3v) is 8.71. The van der Waals surface area contributed by atoms with Gasteiger partial charge in [-0.05, 0) is 46.0 Å². The van der Waals surface area contributed by atoms with Crippen LogP contribution in [0.2, 0.25) is 0 Å². The summed E-state index contributed by atoms with van der Waals surface area (Å²) in [5.41, 5.74) is -0.688. The molecular weight excluding hydrogens is 834 g/mol. The maximum atomic E-state index is 13.4. The normalized spacial score (nSPS) is 14.8. The second-order valence-corrected chi connectivity index (χ2v) is 15.5. The van der Waals surface area contributed by atoms with Gasteiger partial charge in [-0.2, -0.15) is 0 Å². The summed E-state index contributed by atoms with van der Waals surface area (Å²) < 4.78 is 27.0. The minimum absolute atomic E-state index is 0.000494. The highest BCUT2D eigenvalue weighted by Gasteiger charge is 2.34. The van der Waals surface area contributed by atoms with Gasteiger partial charge in [0.05, 0.1) is 52.9 Å². The maximum absolute atomic E-state index is 13.4. The minimum atomic E-state index is -1.17. The average molecular weight is 898 g/mol. The summed E-state index contributed by atoms with van der Waals surface area (Å²) in [5.74, 6) is -5.91. The van der Waals surface area contributed by atoms with Crippen molar-refractivity contribution in [3.63, 3.8) is 0 Å². The van der Waals surface area contributed by atoms with Crippen molar-refractivity contribution in [3.05, 3.63) is 12.2 Å². The Morgan fingerprint density at radius 2 is 1.24 bits per heavy atom. The number of unbranched alkanes of at least 4 members (excludes halogenated alkanes) is 1. The fourth-order valence-electron chi connectivity index (χ4n) is 5.51. The van der Waals surface area contributed by atoms with E-state index in [2.05, 4.69) is 26.6 Å². The van der Waals surface area contributed by atoms with E-state index in [1.807, 2.05) is 0 Å². The van der Waals surface area contributed by atoms with E-state index < -0.39 is 83.6 Å². The molecule has 0 radical (unpaired) electrons. The molecule has 2 rings (SSSR count). The van der Waals surface area contributed by atoms with E-state index in [0.29, 0.717) is 37.7 Å². The summed E-state index contributed by atoms with van der Waals surface area (Å²) in [4.78, 5) is 128. The number of hydrogen-bond donors (Lipinski definition) is 5. The molecule has 354 valence electrons. The molecule has 0 aromatic heterocycles. The molecule has 23 heteroatoms. The van der Waals surface area contributed by atoms with Crippen LogP contribution >= 0.6 is 0 Å². The predicted molar refractivity (Wildman–Crippen MR) is 218 cm³/mol. The van der Waals surface area contributed by atoms with Crippen molar-refractivity contribution in [2.24, 2.45) is 5.92 Å². The molecule has 1 saturated heterocycles. The van der Waals surface area contributed by atoms with Crippen molar-refractivity contribution >= 4 is 59.3 Å². The second-order valence-electron chi connectivity index (χ2n) is 15.5. The fraction of sp³-hybridized carbons (Fsp3) is 0.700. The zero-order valence-corrected chi connectivity index (χ0v) is 36.7. The van der Waals surface area contributed by atoms with Gasteiger partial charge in [0, 0.05) is 57.5 Å². The SMILES string of the molecule is CC(C)[C@H](NC(=O)CCOCCOCCOCCOCCNC(=O)CCN1C(=O)C=CC1=O)C(=O)N[C@@H](CCCCNC(=O)OC(C)(C)C)C(=O)NCC(=O)ON1C(=O)CCC1=O. The molecule has 0 aromatic carbocycles. The first-order chi connectivity index (χ1) is 29.9. The van der Waals surface area contributed by atoms with Crippen LogP contribution in [0, 0.1) is 5.92 Å². The van der Waals surface area contributed by atoms with Crippen LogP contribution in [-0.4, -0.2) is 166 Å². The summed E-state index contributed by atoms with van der Waals surface area (Å²) in [5, 5.41) is 13.3. The molecule has 2 heterocycles. The lowest BCUT2D eigenvalue weighted by molar-refractivity contribution is -0.196. The molecule has 23 nitrogen and oxygen atoms in total. The summed E-state index contributed by atoms with van der Waals surface area (Å²) in [6.45, 7) is 10.3. The summed E-state index contributed by atoms with van der Waals surface area (Å²) in [6.07, 6.45) is 2.27. The Kier molecular flexibility index (Phi) is 24.6. The molecule has 1 fully saturated rings. The minimum Gasteiger partial charge on any atom is -0.444 e. The van der Waals surface area contributed by atoms with Crippen molar-refractivity contribution in [2.45, 2.75) is 97.2 Å². The van der Waals surface area contributed by atoms with Crippen LogP contribution in [0.15, 0.2) is 12.2 Å². The van der Waals surface area contributed by atoms with Gasteiger partial charge in [-0.1, -0.05) is 13.8 Å². The number of imide groups is 2. The summed E-state index contributed by atoms with van der Waals surface area (Å²) in [7, 11) is 0. The third-order valence-electron chi connectivity index (χ3n) is 8.71. The van der Waals surface area contributed by atoms with Crippen LogP contribution < -0.4 is 26.6 Å². The van der Waals surface area contributed by atoms with Gasteiger partial charge in [-0.3, -0.25) is 43.3 Å². The van der Waals surface area contributed by atoms with Crippen LogP contribution in [0.5, 0.6) is 0 Å². The predicted octanol–water partition coefficient (Wildman–Crippen LogP) is -1.08. The van der Waals surface area contributed by atoms with Crippen LogP contribution in [0.4, 0.5) is 4.79 Å². The van der Waals surface area contributed by atoms with Crippen LogP contribution in [0.3, 0.4) is 0 Å². The molecule has 2 aliphatic rings. The number of carbonyl (C=O) groups excluding carboxylic acids is 10. The number of alkyl carbamates (subject to hydrolysis) is 1. The van der Waals surface area contributed by atoms with Gasteiger partial charge < -0.3 is 55.1 Å². The number of carbonyl (C=O) groups is 10. The van der Waals surface area contributed by atoms with Gasteiger partial charge in [0.15, 0.2) is 0 Å². The molecular formula is C40H63N7O16. The molecule has 63 heavy (non-hydrogen) atoms. The zero-order valence-electron chi connectivity index (χ0n) is 36.7. The summed E-state index contributed by atoms with van der Waals surface area (Å²) >= 11 is 0. The average Bonchev–Trinajstić information content (AvgIpc) is 3.71. The highest BCUT2D eigenvalue weighted by molar-refractivity contribution is 6.13. The molecule has 0 aromatic rings. The molecule has 0 spiro atoms. The number of hydrogen-bond acceptors (Lipinski definition) is 16. The van der Waals surface area contributed by atoms with Crippen LogP contribution in [-0.2, 0) is 71.7 Å². The maximum Gasteiger partial charge on any atom is 0.407 e. The first-order valence-corrected chi connectivity index (χ1v) is 20.9. The monoisotopic (exact) mass is 897 g/mol. The number of rotatable bonds is 31. The van der Waals surface area contributed by atoms with Gasteiger partial charge in [-0.15, -0.1) is 5.06 Å². The van der Waals surface area contributed by atoms with E-state index in [1.54, 1.807) is 34.6 Å². The van der Waals surface area contributed by atoms with Crippen molar-refractivity contribution < 1.29 is 76.5 Å². The first kappa shape index (κ1) is 53.6. The number of nitrogens with one attached hydrogen (secondary N) is 5. The van der Waals surface area contributed by atoms with Gasteiger partial charge in [-0.25, -0.2) is 9.59 Å². The Bertz CT molecular complexity index is 1580. The van der Waals surface area contributed by atoms with Gasteiger partial charge >= 0.3 is 12.1 Å². The van der Waals surface area contributed by atoms with Gasteiger partial charge in [0.2, 0.25) is 23.6 Å². The number of nitrogens with zero attached hydrogens (tertiary/aromatic N) is 2. The van der Waals surface area contributed by atoms with E-state index in [1.165, 1.54) is 0 Å². The number of amides is 9. The van der Waals surface area contributed by atoms with Crippen molar-refractivity contribution in [1.29, 1.82) is 0 Å². The van der Waals surface area contributed by atoms with E-state index >= 15 is 0 Å². The van der Waals surface area contributed by atoms with Crippen molar-refractivity contribution in [2.75, 3.05) is 79.0 Å². The van der Waals surface area contributed by atoms with E-state index in [4.69, 9.17) is 28.5 Å². The highest BCUT2D eigenvalue weighted by Crippen LogP contribution is 2.12. The molecule has 0 unspecified atom stereocenters. The molecule has 2 aliphatic heterocycles. The molecule has 0 bridgehead atoms. The lowest BCUT2D eigenvalue weighted by atomic mass is 10.0. The molecule has 9 amide bonds. The topological polar surface area (TPSA) is 293 Å². The van der Waals surface area contributed by atoms with E-state index in [9.17, 15) is 47.9 Å². The van der Waals surface area contributed by atoms with Crippen molar-refractivity contribution in [3.8, 4) is 0 Å². The Morgan fingerprint density at radius 1 is 0.667 bits per heavy atom. The van der Waals surface area contributed by atoms with E-state index in [-0.39, 0.29) is 90.7 Å². The Hall–Kier alpha value is -5.52. The highest BCUT2D eigenvalue weighted by atomic mass is 16.7. The van der Waals surface area contributed by atoms with Crippen LogP contribution in [0.1, 0.15) is 79.6 Å². The molecule has 5 N–H and O–H groups in total. The quantitative estimate of drug-likeness (QED) is 0.0409. The Labute approximate surface area is 366 Å². The third kappa shape index (κ3) is 22.9. The lowest BCUT2D eigenvalue weighted by Gasteiger charge is -2.25. The lowest BCUT2D eigenvalue weighted by Crippen LogP contribution is -2.55. The standard InChI is InChI=1S/C40H63N7O16/c1-27(2)36(45-30(49)14-18-58-20-22-60-24-25-61-23-21-59-19-16-41-29(48)13-17-46-31(50)9-10-32(46)51)38(56)44-28(8-6-7-15-42-39(57)62-40(3,4)5)37(55)43-26-35(54)63-47-33(52)11-12-34(47)53/h9-10,27-28,36H,6-8,11-26H2,1-5H3,(H,41,48)(H,42,57)(H,43,55)(H,44,56)(H,45,49)/t28-,36-/m0/s1. The van der Waals surface area contributed by atoms with Crippen molar-refractivity contribution in [1.82, 2.24) is 36.5 Å². The Morgan fingerprint density at radius 3 is 1.81 bits per heavy atom. The fourth-order valence-corrected chi connectivity index (χ4v) is 5.51. The Balaban J connectivity index is 1.65. The largest absolute Gasteiger partial charge is 0.444 e. The number of hydroxylamine groups is 2. The van der Waals surface area contributed by atoms with E-state index in [0.717, 1.165) is 17.1 Å². The smallest absolute Gasteiger partial charge is 0.407 e. The van der Waals surface area contributed by atoms with Crippen LogP contribution in [0.25, 0.3) is 0 Å². The second kappa shape index (κ2) is 29.0. The molecule has 0 aliphatic carbocycles. The van der Waals surface area contributed by atoms with Gasteiger partial charge in [0.1, 0.15) is 24.2 Å². The first-order valence-electron chi connectivity index (χ1n) is 20.9. The zero-order chi connectivity index (χ0) is 46.8. The number of ether oxygens (including phenoxy) is 5. The van der Waals surface area contributed by atoms with Gasteiger partial charge in [0.25, 0.3) is 23.6 Å². The summed E-state index contributed by atoms with van der Waals surface area (Å²) in [6, 6.07) is -2.21. The molecule has 0 saturated carbocycles. The molecule has 2 atom stereocenters.